The summed E-state index contributed by atoms with van der Waals surface area (Å²) in [7, 11) is 1.54. The number of methoxy groups -OCH3 is 1. The fraction of sp³-hybridized carbons (Fsp3) is 0.429. The van der Waals surface area contributed by atoms with Crippen molar-refractivity contribution in [3.05, 3.63) is 28.3 Å². The fourth-order valence-corrected chi connectivity index (χ4v) is 1.92. The lowest BCUT2D eigenvalue weighted by molar-refractivity contribution is -0.383. The van der Waals surface area contributed by atoms with Gasteiger partial charge in [0.05, 0.1) is 11.3 Å². The zero-order valence-electron chi connectivity index (χ0n) is 13.2. The van der Waals surface area contributed by atoms with Crippen molar-refractivity contribution in [2.75, 3.05) is 31.3 Å². The number of nitrogens with two attached hydrogens (primary N) is 1. The third-order valence-corrected chi connectivity index (χ3v) is 3.11. The van der Waals surface area contributed by atoms with E-state index in [0.29, 0.717) is 19.6 Å². The van der Waals surface area contributed by atoms with E-state index in [4.69, 9.17) is 15.6 Å². The summed E-state index contributed by atoms with van der Waals surface area (Å²) < 4.78 is 4.85. The Morgan fingerprint density at radius 3 is 2.75 bits per heavy atom. The molecule has 0 aliphatic carbocycles. The Balaban J connectivity index is 2.64. The van der Waals surface area contributed by atoms with Crippen molar-refractivity contribution in [3.8, 4) is 0 Å². The van der Waals surface area contributed by atoms with Crippen LogP contribution in [0.15, 0.2) is 18.2 Å². The van der Waals surface area contributed by atoms with E-state index < -0.39 is 22.8 Å². The standard InChI is InChI=1S/C14H20N4O6/c1-24-6-2-5-16-11(14(20)21)8-13(19)17-9-3-4-10(15)12(7-9)18(22)23/h3-4,7,11,16H,2,5-6,8,15H2,1H3,(H,17,19)(H,20,21). The van der Waals surface area contributed by atoms with E-state index in [9.17, 15) is 19.7 Å². The monoisotopic (exact) mass is 340 g/mol. The first-order valence-electron chi connectivity index (χ1n) is 7.14. The summed E-state index contributed by atoms with van der Waals surface area (Å²) in [4.78, 5) is 33.3. The minimum absolute atomic E-state index is 0.0266. The van der Waals surface area contributed by atoms with E-state index >= 15 is 0 Å². The van der Waals surface area contributed by atoms with Gasteiger partial charge in [-0.1, -0.05) is 0 Å². The molecule has 10 nitrogen and oxygen atoms in total. The van der Waals surface area contributed by atoms with E-state index in [1.165, 1.54) is 19.2 Å². The second-order valence-corrected chi connectivity index (χ2v) is 4.97. The normalized spacial score (nSPS) is 11.7. The molecule has 0 bridgehead atoms. The third kappa shape index (κ3) is 6.18. The van der Waals surface area contributed by atoms with Crippen LogP contribution in [0.5, 0.6) is 0 Å². The Kier molecular flexibility index (Phi) is 7.59. The molecule has 0 fully saturated rings. The van der Waals surface area contributed by atoms with Crippen molar-refractivity contribution in [2.24, 2.45) is 0 Å². The second kappa shape index (κ2) is 9.43. The number of carbonyl (C=O) groups is 2. The van der Waals surface area contributed by atoms with E-state index in [-0.39, 0.29) is 23.5 Å². The smallest absolute Gasteiger partial charge is 0.321 e. The van der Waals surface area contributed by atoms with Gasteiger partial charge in [-0.3, -0.25) is 19.7 Å². The van der Waals surface area contributed by atoms with Crippen molar-refractivity contribution in [1.29, 1.82) is 0 Å². The van der Waals surface area contributed by atoms with Gasteiger partial charge in [-0.15, -0.1) is 0 Å². The zero-order chi connectivity index (χ0) is 18.1. The molecule has 1 atom stereocenters. The van der Waals surface area contributed by atoms with Crippen molar-refractivity contribution < 1.29 is 24.4 Å². The third-order valence-electron chi connectivity index (χ3n) is 3.11. The molecule has 5 N–H and O–H groups in total. The molecule has 0 heterocycles. The van der Waals surface area contributed by atoms with Crippen LogP contribution in [0, 0.1) is 10.1 Å². The molecule has 0 saturated carbocycles. The molecular formula is C14H20N4O6. The number of nitro benzene ring substituents is 1. The molecule has 1 amide bonds. The van der Waals surface area contributed by atoms with Gasteiger partial charge in [-0.2, -0.15) is 0 Å². The van der Waals surface area contributed by atoms with Crippen molar-refractivity contribution >= 4 is 28.9 Å². The lowest BCUT2D eigenvalue weighted by Gasteiger charge is -2.14. The highest BCUT2D eigenvalue weighted by molar-refractivity contribution is 5.94. The van der Waals surface area contributed by atoms with Gasteiger partial charge in [0.15, 0.2) is 0 Å². The average molecular weight is 340 g/mol. The number of carbonyl (C=O) groups excluding carboxylic acids is 1. The van der Waals surface area contributed by atoms with Gasteiger partial charge in [-0.25, -0.2) is 0 Å². The van der Waals surface area contributed by atoms with Gasteiger partial charge in [0.1, 0.15) is 11.7 Å². The van der Waals surface area contributed by atoms with Crippen molar-refractivity contribution in [1.82, 2.24) is 5.32 Å². The van der Waals surface area contributed by atoms with Gasteiger partial charge < -0.3 is 26.2 Å². The summed E-state index contributed by atoms with van der Waals surface area (Å²) in [6.45, 7) is 0.853. The predicted octanol–water partition coefficient (Wildman–Crippen LogP) is 0.585. The first-order valence-corrected chi connectivity index (χ1v) is 7.14. The lowest BCUT2D eigenvalue weighted by Crippen LogP contribution is -2.40. The van der Waals surface area contributed by atoms with Crippen LogP contribution >= 0.6 is 0 Å². The number of amides is 1. The molecule has 1 rings (SSSR count). The minimum Gasteiger partial charge on any atom is -0.480 e. The summed E-state index contributed by atoms with van der Waals surface area (Å²) in [5.41, 5.74) is 5.28. The number of benzene rings is 1. The summed E-state index contributed by atoms with van der Waals surface area (Å²) in [6.07, 6.45) is 0.284. The topological polar surface area (TPSA) is 157 Å². The predicted molar refractivity (Wildman–Crippen MR) is 86.7 cm³/mol. The molecule has 0 radical (unpaired) electrons. The number of nitrogen functional groups attached to an aromatic ring is 1. The second-order valence-electron chi connectivity index (χ2n) is 4.97. The first-order chi connectivity index (χ1) is 11.3. The van der Waals surface area contributed by atoms with Crippen LogP contribution < -0.4 is 16.4 Å². The Hall–Kier alpha value is -2.72. The molecule has 0 spiro atoms. The molecule has 24 heavy (non-hydrogen) atoms. The maximum atomic E-state index is 11.9. The number of nitrogens with zero attached hydrogens (tertiary/aromatic N) is 1. The number of carboxylic acid groups (broad SMARTS) is 1. The van der Waals surface area contributed by atoms with Crippen LogP contribution in [-0.4, -0.2) is 48.2 Å². The molecule has 132 valence electrons. The fourth-order valence-electron chi connectivity index (χ4n) is 1.92. The van der Waals surface area contributed by atoms with Gasteiger partial charge in [-0.05, 0) is 25.1 Å². The van der Waals surface area contributed by atoms with E-state index in [1.54, 1.807) is 0 Å². The molecule has 1 unspecified atom stereocenters. The van der Waals surface area contributed by atoms with Crippen LogP contribution in [0.25, 0.3) is 0 Å². The lowest BCUT2D eigenvalue weighted by atomic mass is 10.2. The number of carboxylic acids is 1. The maximum Gasteiger partial charge on any atom is 0.321 e. The van der Waals surface area contributed by atoms with Crippen molar-refractivity contribution in [2.45, 2.75) is 18.9 Å². The highest BCUT2D eigenvalue weighted by Gasteiger charge is 2.21. The molecular weight excluding hydrogens is 320 g/mol. The Labute approximate surface area is 138 Å². The highest BCUT2D eigenvalue weighted by atomic mass is 16.6. The van der Waals surface area contributed by atoms with Gasteiger partial charge in [0, 0.05) is 25.5 Å². The number of ether oxygens (including phenoxy) is 1. The molecule has 10 heteroatoms. The Morgan fingerprint density at radius 1 is 1.46 bits per heavy atom. The molecule has 1 aromatic rings. The number of hydrogen-bond acceptors (Lipinski definition) is 7. The number of aliphatic carboxylic acids is 1. The molecule has 0 saturated heterocycles. The van der Waals surface area contributed by atoms with E-state index in [0.717, 1.165) is 6.07 Å². The Morgan fingerprint density at radius 2 is 2.17 bits per heavy atom. The number of rotatable bonds is 10. The molecule has 1 aromatic carbocycles. The van der Waals surface area contributed by atoms with E-state index in [1.807, 2.05) is 0 Å². The van der Waals surface area contributed by atoms with Crippen LogP contribution in [0.1, 0.15) is 12.8 Å². The van der Waals surface area contributed by atoms with Gasteiger partial charge >= 0.3 is 5.97 Å². The summed E-state index contributed by atoms with van der Waals surface area (Å²) >= 11 is 0. The zero-order valence-corrected chi connectivity index (χ0v) is 13.2. The SMILES string of the molecule is COCCCNC(CC(=O)Nc1ccc(N)c([N+](=O)[O-])c1)C(=O)O. The number of nitrogens with one attached hydrogen (secondary N) is 2. The summed E-state index contributed by atoms with van der Waals surface area (Å²) in [5.74, 6) is -1.74. The largest absolute Gasteiger partial charge is 0.480 e. The van der Waals surface area contributed by atoms with Crippen LogP contribution in [0.2, 0.25) is 0 Å². The average Bonchev–Trinajstić information content (AvgIpc) is 2.51. The minimum atomic E-state index is -1.16. The Bertz CT molecular complexity index is 607. The number of hydrogen-bond donors (Lipinski definition) is 4. The number of anilines is 2. The molecule has 0 aromatic heterocycles. The number of nitro groups is 1. The summed E-state index contributed by atoms with van der Waals surface area (Å²) in [5, 5.41) is 25.1. The van der Waals surface area contributed by atoms with Gasteiger partial charge in [0.2, 0.25) is 5.91 Å². The van der Waals surface area contributed by atoms with E-state index in [2.05, 4.69) is 10.6 Å². The highest BCUT2D eigenvalue weighted by Crippen LogP contribution is 2.25. The first kappa shape index (κ1) is 19.3. The van der Waals surface area contributed by atoms with Crippen LogP contribution in [0.4, 0.5) is 17.1 Å². The summed E-state index contributed by atoms with van der Waals surface area (Å²) in [6, 6.07) is 2.76. The molecule has 0 aliphatic rings. The van der Waals surface area contributed by atoms with Crippen LogP contribution in [0.3, 0.4) is 0 Å². The molecule has 0 aliphatic heterocycles. The van der Waals surface area contributed by atoms with Gasteiger partial charge in [0.25, 0.3) is 5.69 Å². The van der Waals surface area contributed by atoms with Crippen molar-refractivity contribution in [3.63, 3.8) is 0 Å². The van der Waals surface area contributed by atoms with Crippen LogP contribution in [-0.2, 0) is 14.3 Å². The quantitative estimate of drug-likeness (QED) is 0.208. The maximum absolute atomic E-state index is 11.9.